The summed E-state index contributed by atoms with van der Waals surface area (Å²) in [6.07, 6.45) is 1.98. The fourth-order valence-corrected chi connectivity index (χ4v) is 4.52. The van der Waals surface area contributed by atoms with Crippen molar-refractivity contribution in [1.82, 2.24) is 4.72 Å². The average Bonchev–Trinajstić information content (AvgIpc) is 3.12. The molecule has 1 aromatic rings. The topological polar surface area (TPSA) is 114 Å². The molecule has 2 atom stereocenters. The largest absolute Gasteiger partial charge is 0.491 e. The summed E-state index contributed by atoms with van der Waals surface area (Å²) in [6.45, 7) is 5.23. The molecule has 2 unspecified atom stereocenters. The predicted molar refractivity (Wildman–Crippen MR) is 95.1 cm³/mol. The molecule has 3 rings (SSSR count). The van der Waals surface area contributed by atoms with Gasteiger partial charge < -0.3 is 19.9 Å². The molecule has 2 aliphatic rings. The Kier molecular flexibility index (Phi) is 4.61. The first-order valence-corrected chi connectivity index (χ1v) is 9.80. The quantitative estimate of drug-likeness (QED) is 0.731. The van der Waals surface area contributed by atoms with Crippen LogP contribution in [0.15, 0.2) is 30.0 Å². The van der Waals surface area contributed by atoms with Crippen LogP contribution in [0.4, 0.5) is 10.5 Å². The van der Waals surface area contributed by atoms with E-state index in [2.05, 4.69) is 5.32 Å². The van der Waals surface area contributed by atoms with E-state index in [1.165, 1.54) is 6.26 Å². The molecule has 0 fully saturated rings. The highest BCUT2D eigenvalue weighted by Crippen LogP contribution is 2.36. The summed E-state index contributed by atoms with van der Waals surface area (Å²) in [5, 5.41) is 12.6. The van der Waals surface area contributed by atoms with Gasteiger partial charge in [0, 0.05) is 17.9 Å². The number of hydrogen-bond acceptors (Lipinski definition) is 6. The highest BCUT2D eigenvalue weighted by atomic mass is 32.2. The summed E-state index contributed by atoms with van der Waals surface area (Å²) in [7, 11) is -4.12. The minimum Gasteiger partial charge on any atom is -0.491 e. The summed E-state index contributed by atoms with van der Waals surface area (Å²) in [5.74, 6) is -0.0545. The molecule has 2 aliphatic heterocycles. The SMILES string of the molecule is CC1C(C(C)(C)O)=COC1S(=O)(=O)NC(=O)Nc1cccc2c1OCC2. The minimum atomic E-state index is -4.12. The molecule has 0 saturated carbocycles. The maximum atomic E-state index is 12.5. The minimum absolute atomic E-state index is 0.406. The Labute approximate surface area is 152 Å². The maximum Gasteiger partial charge on any atom is 0.333 e. The number of anilines is 1. The van der Waals surface area contributed by atoms with E-state index in [-0.39, 0.29) is 0 Å². The predicted octanol–water partition coefficient (Wildman–Crippen LogP) is 1.72. The van der Waals surface area contributed by atoms with Crippen molar-refractivity contribution >= 4 is 21.7 Å². The molecule has 26 heavy (non-hydrogen) atoms. The molecule has 2 heterocycles. The van der Waals surface area contributed by atoms with E-state index >= 15 is 0 Å². The van der Waals surface area contributed by atoms with E-state index in [1.807, 2.05) is 10.8 Å². The number of nitrogens with one attached hydrogen (secondary N) is 2. The van der Waals surface area contributed by atoms with Gasteiger partial charge in [-0.25, -0.2) is 17.9 Å². The molecule has 2 amide bonds. The zero-order valence-corrected chi connectivity index (χ0v) is 15.6. The van der Waals surface area contributed by atoms with Gasteiger partial charge in [-0.2, -0.15) is 0 Å². The van der Waals surface area contributed by atoms with Gasteiger partial charge in [-0.1, -0.05) is 19.1 Å². The van der Waals surface area contributed by atoms with Crippen LogP contribution in [0.5, 0.6) is 5.75 Å². The van der Waals surface area contributed by atoms with Gasteiger partial charge >= 0.3 is 6.03 Å². The first-order chi connectivity index (χ1) is 12.1. The number of fused-ring (bicyclic) bond motifs is 1. The lowest BCUT2D eigenvalue weighted by Crippen LogP contribution is -2.43. The number of urea groups is 1. The number of aliphatic hydroxyl groups is 1. The summed E-state index contributed by atoms with van der Waals surface area (Å²) in [4.78, 5) is 12.2. The van der Waals surface area contributed by atoms with Crippen LogP contribution in [-0.4, -0.2) is 37.2 Å². The Morgan fingerprint density at radius 3 is 2.73 bits per heavy atom. The van der Waals surface area contributed by atoms with Crippen LogP contribution in [0, 0.1) is 5.92 Å². The lowest BCUT2D eigenvalue weighted by molar-refractivity contribution is 0.109. The van der Waals surface area contributed by atoms with Gasteiger partial charge in [0.15, 0.2) is 0 Å². The van der Waals surface area contributed by atoms with Crippen molar-refractivity contribution in [3.05, 3.63) is 35.6 Å². The fraction of sp³-hybridized carbons (Fsp3) is 0.471. The molecule has 1 aromatic carbocycles. The third-order valence-electron chi connectivity index (χ3n) is 4.44. The number of ether oxygens (including phenoxy) is 2. The van der Waals surface area contributed by atoms with Gasteiger partial charge in [-0.05, 0) is 25.5 Å². The van der Waals surface area contributed by atoms with E-state index in [4.69, 9.17) is 9.47 Å². The fourth-order valence-electron chi connectivity index (χ4n) is 3.20. The zero-order chi connectivity index (χ0) is 19.1. The number of carbonyl (C=O) groups is 1. The van der Waals surface area contributed by atoms with Crippen LogP contribution in [0.2, 0.25) is 0 Å². The van der Waals surface area contributed by atoms with E-state index in [1.54, 1.807) is 32.9 Å². The molecular formula is C17H22N2O6S. The zero-order valence-electron chi connectivity index (χ0n) is 14.8. The van der Waals surface area contributed by atoms with Crippen molar-refractivity contribution in [3.63, 3.8) is 0 Å². The molecule has 0 aromatic heterocycles. The number of para-hydroxylation sites is 1. The van der Waals surface area contributed by atoms with Crippen molar-refractivity contribution in [2.24, 2.45) is 5.92 Å². The Balaban J connectivity index is 1.69. The van der Waals surface area contributed by atoms with Crippen molar-refractivity contribution < 1.29 is 27.8 Å². The van der Waals surface area contributed by atoms with Crippen LogP contribution in [0.1, 0.15) is 26.3 Å². The number of carbonyl (C=O) groups excluding carboxylic acids is 1. The Morgan fingerprint density at radius 1 is 1.35 bits per heavy atom. The number of rotatable bonds is 4. The highest BCUT2D eigenvalue weighted by Gasteiger charge is 2.43. The molecule has 0 radical (unpaired) electrons. The third-order valence-corrected chi connectivity index (χ3v) is 6.04. The standard InChI is InChI=1S/C17H22N2O6S/c1-10-12(17(2,3)21)9-25-15(10)26(22,23)19-16(20)18-13-6-4-5-11-7-8-24-14(11)13/h4-6,9-10,15,21H,7-8H2,1-3H3,(H2,18,19,20). The lowest BCUT2D eigenvalue weighted by atomic mass is 9.90. The van der Waals surface area contributed by atoms with Gasteiger partial charge in [0.25, 0.3) is 10.0 Å². The molecule has 0 aliphatic carbocycles. The molecule has 142 valence electrons. The van der Waals surface area contributed by atoms with Crippen LogP contribution in [-0.2, 0) is 21.2 Å². The highest BCUT2D eigenvalue weighted by molar-refractivity contribution is 7.90. The van der Waals surface area contributed by atoms with Gasteiger partial charge in [0.1, 0.15) is 5.75 Å². The average molecular weight is 382 g/mol. The number of hydrogen-bond donors (Lipinski definition) is 3. The Morgan fingerprint density at radius 2 is 2.08 bits per heavy atom. The molecule has 9 heteroatoms. The van der Waals surface area contributed by atoms with Crippen molar-refractivity contribution in [3.8, 4) is 5.75 Å². The first-order valence-electron chi connectivity index (χ1n) is 8.25. The van der Waals surface area contributed by atoms with Gasteiger partial charge in [-0.3, -0.25) is 0 Å². The number of amides is 2. The van der Waals surface area contributed by atoms with E-state index < -0.39 is 33.0 Å². The van der Waals surface area contributed by atoms with E-state index in [0.29, 0.717) is 23.6 Å². The first kappa shape index (κ1) is 18.5. The summed E-state index contributed by atoms with van der Waals surface area (Å²) >= 11 is 0. The van der Waals surface area contributed by atoms with Crippen LogP contribution in [0.25, 0.3) is 0 Å². The van der Waals surface area contributed by atoms with Gasteiger partial charge in [-0.15, -0.1) is 0 Å². The summed E-state index contributed by atoms with van der Waals surface area (Å²) in [6, 6.07) is 4.39. The normalized spacial score (nSPS) is 22.1. The molecule has 0 bridgehead atoms. The molecular weight excluding hydrogens is 360 g/mol. The Hall–Kier alpha value is -2.26. The molecule has 3 N–H and O–H groups in total. The van der Waals surface area contributed by atoms with Crippen molar-refractivity contribution in [2.75, 3.05) is 11.9 Å². The van der Waals surface area contributed by atoms with Crippen LogP contribution in [0.3, 0.4) is 0 Å². The van der Waals surface area contributed by atoms with Crippen LogP contribution >= 0.6 is 0 Å². The Bertz CT molecular complexity index is 856. The van der Waals surface area contributed by atoms with E-state index in [0.717, 1.165) is 12.0 Å². The smallest absolute Gasteiger partial charge is 0.333 e. The van der Waals surface area contributed by atoms with Gasteiger partial charge in [0.2, 0.25) is 5.44 Å². The van der Waals surface area contributed by atoms with Crippen LogP contribution < -0.4 is 14.8 Å². The van der Waals surface area contributed by atoms with Crippen molar-refractivity contribution in [2.45, 2.75) is 38.2 Å². The summed E-state index contributed by atoms with van der Waals surface area (Å²) in [5.41, 5.74) is -0.704. The second-order valence-corrected chi connectivity index (χ2v) is 8.68. The molecule has 0 saturated heterocycles. The van der Waals surface area contributed by atoms with Crippen molar-refractivity contribution in [1.29, 1.82) is 0 Å². The number of benzene rings is 1. The monoisotopic (exact) mass is 382 g/mol. The lowest BCUT2D eigenvalue weighted by Gasteiger charge is -2.24. The second-order valence-electron chi connectivity index (χ2n) is 6.92. The number of sulfonamides is 1. The molecule has 0 spiro atoms. The molecule has 8 nitrogen and oxygen atoms in total. The summed E-state index contributed by atoms with van der Waals surface area (Å²) < 4.78 is 37.7. The van der Waals surface area contributed by atoms with E-state index in [9.17, 15) is 18.3 Å². The third kappa shape index (κ3) is 3.49. The maximum absolute atomic E-state index is 12.5. The second kappa shape index (κ2) is 6.48. The van der Waals surface area contributed by atoms with Gasteiger partial charge in [0.05, 0.1) is 24.2 Å².